The lowest BCUT2D eigenvalue weighted by Crippen LogP contribution is -2.55. The van der Waals surface area contributed by atoms with Crippen LogP contribution in [-0.2, 0) is 19.1 Å². The number of esters is 1. The van der Waals surface area contributed by atoms with E-state index in [0.29, 0.717) is 51.4 Å². The predicted molar refractivity (Wildman–Crippen MR) is 188 cm³/mol. The average Bonchev–Trinajstić information content (AvgIpc) is 3.51. The number of hydrogen-bond acceptors (Lipinski definition) is 8. The fraction of sp³-hybridized carbons (Fsp3) is 0.732. The van der Waals surface area contributed by atoms with Crippen molar-refractivity contribution in [1.82, 2.24) is 0 Å². The Morgan fingerprint density at radius 1 is 1.06 bits per heavy atom. The molecule has 3 saturated carbocycles. The molecule has 5 aliphatic carbocycles. The Labute approximate surface area is 292 Å². The van der Waals surface area contributed by atoms with Gasteiger partial charge in [-0.3, -0.25) is 14.4 Å². The molecule has 8 nitrogen and oxygen atoms in total. The number of carbonyl (C=O) groups is 3. The Bertz CT molecular complexity index is 1340. The first-order valence-electron chi connectivity index (χ1n) is 19.1. The second-order valence-electron chi connectivity index (χ2n) is 16.1. The Kier molecular flexibility index (Phi) is 12.3. The Morgan fingerprint density at radius 3 is 2.63 bits per heavy atom. The summed E-state index contributed by atoms with van der Waals surface area (Å²) in [6, 6.07) is 0. The smallest absolute Gasteiger partial charge is 0.306 e. The summed E-state index contributed by atoms with van der Waals surface area (Å²) in [5, 5.41) is 43.1. The van der Waals surface area contributed by atoms with Crippen LogP contribution >= 0.6 is 0 Å². The number of unbranched alkanes of at least 4 members (excludes halogenated alkanes) is 3. The minimum atomic E-state index is -1.54. The summed E-state index contributed by atoms with van der Waals surface area (Å²) < 4.78 is 5.40. The second-order valence-corrected chi connectivity index (χ2v) is 16.1. The fourth-order valence-corrected chi connectivity index (χ4v) is 10.1. The minimum Gasteiger partial charge on any atom is -0.458 e. The van der Waals surface area contributed by atoms with Crippen LogP contribution in [0.15, 0.2) is 47.6 Å². The van der Waals surface area contributed by atoms with E-state index in [1.807, 2.05) is 31.2 Å². The summed E-state index contributed by atoms with van der Waals surface area (Å²) in [7, 11) is 0. The van der Waals surface area contributed by atoms with Gasteiger partial charge >= 0.3 is 5.97 Å². The van der Waals surface area contributed by atoms with Gasteiger partial charge in [0.2, 0.25) is 5.78 Å². The van der Waals surface area contributed by atoms with Crippen LogP contribution in [0, 0.1) is 34.5 Å². The van der Waals surface area contributed by atoms with Crippen LogP contribution in [0.4, 0.5) is 0 Å². The van der Waals surface area contributed by atoms with Crippen molar-refractivity contribution in [2.45, 2.75) is 147 Å². The molecule has 0 unspecified atom stereocenters. The number of aliphatic hydroxyl groups is 4. The van der Waals surface area contributed by atoms with E-state index in [-0.39, 0.29) is 41.3 Å². The molecule has 5 aliphatic rings. The first-order chi connectivity index (χ1) is 23.3. The molecule has 10 atom stereocenters. The molecule has 0 saturated heterocycles. The fourth-order valence-electron chi connectivity index (χ4n) is 10.1. The van der Waals surface area contributed by atoms with Crippen molar-refractivity contribution < 1.29 is 39.5 Å². The number of hydrogen-bond donors (Lipinski definition) is 4. The third-order valence-electron chi connectivity index (χ3n) is 13.2. The highest BCUT2D eigenvalue weighted by Gasteiger charge is 2.64. The number of ether oxygens (including phenoxy) is 1. The highest BCUT2D eigenvalue weighted by Crippen LogP contribution is 2.65. The first-order valence-corrected chi connectivity index (χ1v) is 19.1. The maximum Gasteiger partial charge on any atom is 0.306 e. The molecule has 0 aliphatic heterocycles. The zero-order chi connectivity index (χ0) is 35.4. The maximum atomic E-state index is 13.5. The largest absolute Gasteiger partial charge is 0.458 e. The molecule has 4 N–H and O–H groups in total. The average molecular weight is 681 g/mol. The van der Waals surface area contributed by atoms with Gasteiger partial charge in [-0.1, -0.05) is 81.6 Å². The zero-order valence-corrected chi connectivity index (χ0v) is 29.9. The van der Waals surface area contributed by atoms with E-state index in [2.05, 4.69) is 19.9 Å². The van der Waals surface area contributed by atoms with Crippen LogP contribution in [0.25, 0.3) is 0 Å². The van der Waals surface area contributed by atoms with Crippen molar-refractivity contribution in [3.63, 3.8) is 0 Å². The van der Waals surface area contributed by atoms with E-state index in [1.165, 1.54) is 11.1 Å². The number of ketones is 2. The summed E-state index contributed by atoms with van der Waals surface area (Å²) in [4.78, 5) is 38.2. The lowest BCUT2D eigenvalue weighted by atomic mass is 9.50. The number of Topliss-reactive ketones (excluding diaryl/α,β-unsaturated/α-hetero) is 1. The van der Waals surface area contributed by atoms with E-state index < -0.39 is 47.7 Å². The summed E-state index contributed by atoms with van der Waals surface area (Å²) in [5.41, 5.74) is 0.356. The van der Waals surface area contributed by atoms with Crippen LogP contribution in [0.3, 0.4) is 0 Å². The molecule has 0 aromatic heterocycles. The Balaban J connectivity index is 1.06. The number of carbonyl (C=O) groups excluding carboxylic acids is 3. The van der Waals surface area contributed by atoms with E-state index in [1.54, 1.807) is 6.08 Å². The molecule has 0 spiro atoms. The van der Waals surface area contributed by atoms with E-state index >= 15 is 0 Å². The van der Waals surface area contributed by atoms with Gasteiger partial charge in [0.1, 0.15) is 5.60 Å². The quantitative estimate of drug-likeness (QED) is 0.0904. The Hall–Kier alpha value is -2.39. The van der Waals surface area contributed by atoms with E-state index in [4.69, 9.17) is 4.74 Å². The van der Waals surface area contributed by atoms with Crippen molar-refractivity contribution in [2.75, 3.05) is 6.61 Å². The van der Waals surface area contributed by atoms with Gasteiger partial charge in [0.15, 0.2) is 12.4 Å². The molecule has 5 rings (SSSR count). The molecule has 0 heterocycles. The monoisotopic (exact) mass is 680 g/mol. The van der Waals surface area contributed by atoms with Crippen LogP contribution in [0.1, 0.15) is 124 Å². The van der Waals surface area contributed by atoms with E-state index in [9.17, 15) is 34.8 Å². The normalized spacial score (nSPS) is 37.8. The maximum absolute atomic E-state index is 13.5. The van der Waals surface area contributed by atoms with Crippen LogP contribution in [0.5, 0.6) is 0 Å². The molecule has 0 radical (unpaired) electrons. The van der Waals surface area contributed by atoms with Crippen molar-refractivity contribution >= 4 is 17.5 Å². The molecule has 8 heteroatoms. The van der Waals surface area contributed by atoms with Gasteiger partial charge in [0.25, 0.3) is 0 Å². The van der Waals surface area contributed by atoms with Gasteiger partial charge in [0, 0.05) is 36.0 Å². The summed E-state index contributed by atoms with van der Waals surface area (Å²) in [5.74, 6) is -0.558. The summed E-state index contributed by atoms with van der Waals surface area (Å²) in [6.07, 6.45) is 20.9. The van der Waals surface area contributed by atoms with Gasteiger partial charge in [-0.15, -0.1) is 0 Å². The number of fused-ring (bicyclic) bond motifs is 5. The third kappa shape index (κ3) is 7.78. The molecule has 0 aromatic carbocycles. The Morgan fingerprint density at radius 2 is 1.86 bits per heavy atom. The van der Waals surface area contributed by atoms with E-state index in [0.717, 1.165) is 44.9 Å². The zero-order valence-electron chi connectivity index (χ0n) is 29.9. The molecule has 0 aromatic rings. The molecular formula is C41H60O8. The highest BCUT2D eigenvalue weighted by atomic mass is 16.5. The number of aliphatic hydroxyl groups excluding tert-OH is 3. The summed E-state index contributed by atoms with van der Waals surface area (Å²) >= 11 is 0. The molecule has 49 heavy (non-hydrogen) atoms. The van der Waals surface area contributed by atoms with Gasteiger partial charge in [-0.25, -0.2) is 0 Å². The number of allylic oxidation sites excluding steroid dienone is 6. The minimum absolute atomic E-state index is 0.106. The third-order valence-corrected chi connectivity index (χ3v) is 13.2. The van der Waals surface area contributed by atoms with Crippen molar-refractivity contribution in [1.29, 1.82) is 0 Å². The topological polar surface area (TPSA) is 141 Å². The first kappa shape index (κ1) is 37.9. The SMILES string of the molecule is CCCCC[C@H](O)/C=C/[C@@H]1[C@@H](C/C=C\CCCC(=O)OCC(=O)[C@@]2(O)CC[C@H]3[C@@H]4CCC5=CC(=O)CC[C@]5(C)C4=CC[C@@]32C)[C@@H](O)C[C@H]1O. The van der Waals surface area contributed by atoms with Crippen LogP contribution in [-0.4, -0.2) is 68.5 Å². The van der Waals surface area contributed by atoms with Gasteiger partial charge in [0.05, 0.1) is 18.3 Å². The lowest BCUT2D eigenvalue weighted by Gasteiger charge is -2.54. The molecule has 0 amide bonds. The van der Waals surface area contributed by atoms with Crippen LogP contribution in [0.2, 0.25) is 0 Å². The molecule has 0 bridgehead atoms. The van der Waals surface area contributed by atoms with Crippen molar-refractivity contribution in [2.24, 2.45) is 34.5 Å². The van der Waals surface area contributed by atoms with Crippen molar-refractivity contribution in [3.8, 4) is 0 Å². The molecular weight excluding hydrogens is 620 g/mol. The summed E-state index contributed by atoms with van der Waals surface area (Å²) in [6.45, 7) is 5.99. The molecule has 272 valence electrons. The number of rotatable bonds is 15. The second kappa shape index (κ2) is 15.9. The van der Waals surface area contributed by atoms with Gasteiger partial charge in [-0.2, -0.15) is 0 Å². The molecule has 3 fully saturated rings. The van der Waals surface area contributed by atoms with Crippen LogP contribution < -0.4 is 0 Å². The van der Waals surface area contributed by atoms with Crippen molar-refractivity contribution in [3.05, 3.63) is 47.6 Å². The predicted octanol–water partition coefficient (Wildman–Crippen LogP) is 6.25. The lowest BCUT2D eigenvalue weighted by molar-refractivity contribution is -0.163. The van der Waals surface area contributed by atoms with Gasteiger partial charge < -0.3 is 25.2 Å². The van der Waals surface area contributed by atoms with Gasteiger partial charge in [-0.05, 0) is 88.0 Å². The standard InChI is InChI=1S/C41H60O8/c1-4-5-8-11-28(42)15-17-31-30(35(44)25-36(31)45)12-9-6-7-10-13-38(47)49-26-37(46)41(48)23-20-34-32-16-14-27-24-29(43)18-21-39(27,2)33(32)19-22-40(34,41)3/h6,9,15,17,19,24,28,30-32,34-36,42,44-45,48H,4-5,7-8,10-14,16,18,20-23,25-26H2,1-3H3/b9-6-,17-15+/t28-,30+,31+,32+,34-,35-,36+,39-,40-,41-/m0/s1. The highest BCUT2D eigenvalue weighted by molar-refractivity contribution is 5.92.